The summed E-state index contributed by atoms with van der Waals surface area (Å²) < 4.78 is 4.59. The van der Waals surface area contributed by atoms with Crippen LogP contribution in [0.4, 0.5) is 0 Å². The summed E-state index contributed by atoms with van der Waals surface area (Å²) in [5, 5.41) is 6.42. The molecule has 0 radical (unpaired) electrons. The van der Waals surface area contributed by atoms with E-state index < -0.39 is 0 Å². The maximum Gasteiger partial charge on any atom is 0.286 e. The van der Waals surface area contributed by atoms with Crippen molar-refractivity contribution in [3.8, 4) is 0 Å². The number of carbonyl (C=O) groups excluding carboxylic acids is 1. The lowest BCUT2D eigenvalue weighted by Gasteiger charge is -1.86. The fourth-order valence-electron chi connectivity index (χ4n) is 0.427. The van der Waals surface area contributed by atoms with E-state index in [9.17, 15) is 4.79 Å². The van der Waals surface area contributed by atoms with Gasteiger partial charge in [-0.1, -0.05) is 0 Å². The van der Waals surface area contributed by atoms with Crippen LogP contribution in [0.2, 0.25) is 0 Å². The molecule has 0 fully saturated rings. The predicted molar refractivity (Wildman–Crippen MR) is 32.2 cm³/mol. The molecule has 0 unspecified atom stereocenters. The van der Waals surface area contributed by atoms with Gasteiger partial charge < -0.3 is 4.74 Å². The summed E-state index contributed by atoms with van der Waals surface area (Å²) in [5.74, 6) is -0.299. The SMILES string of the molecule is C=NN=C1OC=CC1=O. The molecule has 0 spiro atoms. The van der Waals surface area contributed by atoms with Crippen molar-refractivity contribution < 1.29 is 9.53 Å². The highest BCUT2D eigenvalue weighted by Gasteiger charge is 2.13. The smallest absolute Gasteiger partial charge is 0.286 e. The second-order valence-corrected chi connectivity index (χ2v) is 1.33. The summed E-state index contributed by atoms with van der Waals surface area (Å²) in [4.78, 5) is 10.5. The molecule has 1 rings (SSSR count). The zero-order valence-electron chi connectivity index (χ0n) is 4.57. The zero-order chi connectivity index (χ0) is 6.69. The first-order chi connectivity index (χ1) is 4.34. The maximum absolute atomic E-state index is 10.5. The lowest BCUT2D eigenvalue weighted by Crippen LogP contribution is -2.05. The Morgan fingerprint density at radius 2 is 2.44 bits per heavy atom. The molecular formula is C5H4N2O2. The van der Waals surface area contributed by atoms with Crippen molar-refractivity contribution in [3.05, 3.63) is 12.3 Å². The van der Waals surface area contributed by atoms with E-state index in [-0.39, 0.29) is 11.7 Å². The van der Waals surface area contributed by atoms with Gasteiger partial charge >= 0.3 is 0 Å². The van der Waals surface area contributed by atoms with Gasteiger partial charge in [0.05, 0.1) is 6.26 Å². The fourth-order valence-corrected chi connectivity index (χ4v) is 0.427. The first-order valence-corrected chi connectivity index (χ1v) is 2.26. The molecule has 1 heterocycles. The Bertz CT molecular complexity index is 205. The zero-order valence-corrected chi connectivity index (χ0v) is 4.57. The van der Waals surface area contributed by atoms with Gasteiger partial charge in [0.25, 0.3) is 5.90 Å². The van der Waals surface area contributed by atoms with Gasteiger partial charge in [-0.15, -0.1) is 5.10 Å². The van der Waals surface area contributed by atoms with Gasteiger partial charge in [0.2, 0.25) is 5.78 Å². The summed E-state index contributed by atoms with van der Waals surface area (Å²) >= 11 is 0. The Hall–Kier alpha value is -1.45. The molecule has 46 valence electrons. The van der Waals surface area contributed by atoms with Crippen LogP contribution in [0.25, 0.3) is 0 Å². The molecule has 0 saturated carbocycles. The molecule has 1 aliphatic rings. The van der Waals surface area contributed by atoms with Crippen molar-refractivity contribution in [1.82, 2.24) is 0 Å². The van der Waals surface area contributed by atoms with Crippen LogP contribution in [0.3, 0.4) is 0 Å². The number of hydrogen-bond acceptors (Lipinski definition) is 4. The molecule has 0 N–H and O–H groups in total. The molecule has 0 aromatic heterocycles. The minimum atomic E-state index is -0.276. The molecule has 0 aliphatic carbocycles. The van der Waals surface area contributed by atoms with Crippen molar-refractivity contribution in [2.24, 2.45) is 10.2 Å². The Balaban J connectivity index is 2.77. The number of carbonyl (C=O) groups is 1. The van der Waals surface area contributed by atoms with Gasteiger partial charge in [0.1, 0.15) is 0 Å². The summed E-state index contributed by atoms with van der Waals surface area (Å²) in [5.41, 5.74) is 0. The molecule has 9 heavy (non-hydrogen) atoms. The molecular weight excluding hydrogens is 120 g/mol. The van der Waals surface area contributed by atoms with Crippen molar-refractivity contribution in [3.63, 3.8) is 0 Å². The summed E-state index contributed by atoms with van der Waals surface area (Å²) in [7, 11) is 0. The Morgan fingerprint density at radius 3 is 2.89 bits per heavy atom. The van der Waals surface area contributed by atoms with Crippen molar-refractivity contribution in [1.29, 1.82) is 0 Å². The van der Waals surface area contributed by atoms with Gasteiger partial charge in [-0.3, -0.25) is 4.79 Å². The molecule has 0 bridgehead atoms. The van der Waals surface area contributed by atoms with E-state index in [1.54, 1.807) is 0 Å². The summed E-state index contributed by atoms with van der Waals surface area (Å²) in [6, 6.07) is 0. The van der Waals surface area contributed by atoms with Crippen LogP contribution in [-0.4, -0.2) is 18.4 Å². The van der Waals surface area contributed by atoms with Gasteiger partial charge in [-0.05, 0) is 0 Å². The lowest BCUT2D eigenvalue weighted by atomic mass is 10.4. The molecule has 0 aromatic carbocycles. The Labute approximate surface area is 51.5 Å². The molecule has 0 aromatic rings. The highest BCUT2D eigenvalue weighted by Crippen LogP contribution is 1.97. The first kappa shape index (κ1) is 5.68. The normalized spacial score (nSPS) is 20.4. The molecule has 0 amide bonds. The summed E-state index contributed by atoms with van der Waals surface area (Å²) in [6.07, 6.45) is 2.52. The van der Waals surface area contributed by atoms with Gasteiger partial charge in [0.15, 0.2) is 0 Å². The summed E-state index contributed by atoms with van der Waals surface area (Å²) in [6.45, 7) is 3.06. The molecule has 0 saturated heterocycles. The van der Waals surface area contributed by atoms with Gasteiger partial charge in [0, 0.05) is 12.8 Å². The third kappa shape index (κ3) is 1.02. The highest BCUT2D eigenvalue weighted by atomic mass is 16.5. The van der Waals surface area contributed by atoms with Crippen LogP contribution in [0.5, 0.6) is 0 Å². The van der Waals surface area contributed by atoms with E-state index in [1.807, 2.05) is 0 Å². The third-order valence-corrected chi connectivity index (χ3v) is 0.771. The minimum absolute atomic E-state index is 0.0231. The van der Waals surface area contributed by atoms with Crippen LogP contribution >= 0.6 is 0 Å². The Kier molecular flexibility index (Phi) is 1.40. The quantitative estimate of drug-likeness (QED) is 0.368. The maximum atomic E-state index is 10.5. The van der Waals surface area contributed by atoms with Crippen LogP contribution in [0, 0.1) is 0 Å². The van der Waals surface area contributed by atoms with E-state index in [2.05, 4.69) is 21.7 Å². The monoisotopic (exact) mass is 124 g/mol. The lowest BCUT2D eigenvalue weighted by molar-refractivity contribution is -0.109. The fraction of sp³-hybridized carbons (Fsp3) is 0. The highest BCUT2D eigenvalue weighted by molar-refractivity contribution is 6.42. The number of nitrogens with zero attached hydrogens (tertiary/aromatic N) is 2. The van der Waals surface area contributed by atoms with E-state index >= 15 is 0 Å². The van der Waals surface area contributed by atoms with Crippen LogP contribution in [0.15, 0.2) is 22.5 Å². The van der Waals surface area contributed by atoms with E-state index in [0.717, 1.165) is 0 Å². The number of rotatable bonds is 1. The van der Waals surface area contributed by atoms with Crippen molar-refractivity contribution in [2.75, 3.05) is 0 Å². The average Bonchev–Trinajstić information content (AvgIpc) is 2.18. The van der Waals surface area contributed by atoms with E-state index in [4.69, 9.17) is 0 Å². The minimum Gasteiger partial charge on any atom is -0.443 e. The predicted octanol–water partition coefficient (Wildman–Crippen LogP) is 0.113. The van der Waals surface area contributed by atoms with Crippen molar-refractivity contribution in [2.45, 2.75) is 0 Å². The molecule has 1 aliphatic heterocycles. The van der Waals surface area contributed by atoms with Gasteiger partial charge in [-0.2, -0.15) is 5.10 Å². The second-order valence-electron chi connectivity index (χ2n) is 1.33. The second kappa shape index (κ2) is 2.21. The van der Waals surface area contributed by atoms with Crippen LogP contribution < -0.4 is 0 Å². The van der Waals surface area contributed by atoms with Gasteiger partial charge in [-0.25, -0.2) is 0 Å². The standard InChI is InChI=1S/C5H4N2O2/c1-6-7-5-4(8)2-3-9-5/h2-3H,1H2. The largest absolute Gasteiger partial charge is 0.443 e. The van der Waals surface area contributed by atoms with E-state index in [1.165, 1.54) is 12.3 Å². The molecule has 4 heteroatoms. The topological polar surface area (TPSA) is 51.0 Å². The Morgan fingerprint density at radius 1 is 1.67 bits per heavy atom. The number of ketones is 1. The first-order valence-electron chi connectivity index (χ1n) is 2.26. The van der Waals surface area contributed by atoms with Crippen LogP contribution in [-0.2, 0) is 9.53 Å². The van der Waals surface area contributed by atoms with Crippen LogP contribution in [0.1, 0.15) is 0 Å². The third-order valence-electron chi connectivity index (χ3n) is 0.771. The average molecular weight is 124 g/mol. The van der Waals surface area contributed by atoms with E-state index in [0.29, 0.717) is 0 Å². The van der Waals surface area contributed by atoms with Crippen molar-refractivity contribution >= 4 is 18.4 Å². The molecule has 0 atom stereocenters. The molecule has 4 nitrogen and oxygen atoms in total. The number of ether oxygens (including phenoxy) is 1. The number of hydrogen-bond donors (Lipinski definition) is 0.